The summed E-state index contributed by atoms with van der Waals surface area (Å²) in [6.45, 7) is 2.34. The van der Waals surface area contributed by atoms with Crippen LogP contribution in [0.15, 0.2) is 24.3 Å². The maximum atomic E-state index is 12.5. The van der Waals surface area contributed by atoms with Gasteiger partial charge >= 0.3 is 41.5 Å². The molecule has 0 atom stereocenters. The van der Waals surface area contributed by atoms with Crippen molar-refractivity contribution in [3.8, 4) is 0 Å². The normalized spacial score (nSPS) is 11.2. The Morgan fingerprint density at radius 1 is 0.600 bits per heavy atom. The molecule has 0 saturated carbocycles. The second-order valence-electron chi connectivity index (χ2n) is 10.4. The van der Waals surface area contributed by atoms with E-state index in [4.69, 9.17) is 9.47 Å². The average molecular weight is 591 g/mol. The fourth-order valence-electron chi connectivity index (χ4n) is 4.56. The van der Waals surface area contributed by atoms with Crippen molar-refractivity contribution in [3.05, 3.63) is 35.4 Å². The summed E-state index contributed by atoms with van der Waals surface area (Å²) in [5.41, 5.74) is 0.173. The second-order valence-corrected chi connectivity index (χ2v) is 12.0. The molecule has 0 radical (unpaired) electrons. The zero-order valence-corrected chi connectivity index (χ0v) is 27.9. The Labute approximate surface area is 265 Å². The number of hydrogen-bond acceptors (Lipinski definition) is 7. The number of carbonyl (C=O) groups excluding carboxylic acids is 2. The van der Waals surface area contributed by atoms with Crippen LogP contribution in [0.4, 0.5) is 0 Å². The van der Waals surface area contributed by atoms with Crippen molar-refractivity contribution >= 4 is 22.1 Å². The maximum absolute atomic E-state index is 12.5. The second kappa shape index (κ2) is 25.8. The van der Waals surface area contributed by atoms with Crippen molar-refractivity contribution in [1.29, 1.82) is 0 Å². The summed E-state index contributed by atoms with van der Waals surface area (Å²) >= 11 is 0. The van der Waals surface area contributed by atoms with Crippen molar-refractivity contribution in [2.24, 2.45) is 0 Å². The van der Waals surface area contributed by atoms with Gasteiger partial charge in [0.05, 0.1) is 34.5 Å². The number of ether oxygens (including phenoxy) is 2. The van der Waals surface area contributed by atoms with Crippen molar-refractivity contribution in [3.63, 3.8) is 0 Å². The van der Waals surface area contributed by atoms with Gasteiger partial charge in [-0.3, -0.25) is 0 Å². The first-order valence-corrected chi connectivity index (χ1v) is 16.8. The Morgan fingerprint density at radius 2 is 0.925 bits per heavy atom. The summed E-state index contributed by atoms with van der Waals surface area (Å²) in [5.74, 6) is -1.95. The van der Waals surface area contributed by atoms with E-state index in [0.717, 1.165) is 19.3 Å². The molecule has 0 saturated heterocycles. The van der Waals surface area contributed by atoms with Gasteiger partial charge in [-0.2, -0.15) is 0 Å². The van der Waals surface area contributed by atoms with Crippen molar-refractivity contribution in [1.82, 2.24) is 0 Å². The zero-order chi connectivity index (χ0) is 28.6. The SMILES string of the molecule is CCCCCCCCCCCCCCCCCCCCOC(=O)c1ccccc1C(=O)OCCCS(=O)(=O)[O-].[Na+]. The number of hydrogen-bond donors (Lipinski definition) is 0. The van der Waals surface area contributed by atoms with E-state index in [1.807, 2.05) is 0 Å². The molecule has 0 aliphatic carbocycles. The largest absolute Gasteiger partial charge is 1.00 e. The standard InChI is InChI=1S/C31H52O7S.Na/c1-2-3-4-5-6-7-8-9-10-11-12-13-14-15-16-17-18-21-25-37-30(32)28-23-19-20-24-29(28)31(33)38-26-22-27-39(34,35)36;/h19-20,23-24H,2-18,21-22,25-27H2,1H3,(H,34,35,36);/q;+1/p-1. The van der Waals surface area contributed by atoms with E-state index in [1.54, 1.807) is 12.1 Å². The Hall–Kier alpha value is -0.930. The molecule has 40 heavy (non-hydrogen) atoms. The molecule has 1 aromatic rings. The van der Waals surface area contributed by atoms with Gasteiger partial charge in [-0.15, -0.1) is 0 Å². The van der Waals surface area contributed by atoms with Crippen LogP contribution >= 0.6 is 0 Å². The molecule has 0 heterocycles. The van der Waals surface area contributed by atoms with E-state index in [1.165, 1.54) is 108 Å². The quantitative estimate of drug-likeness (QED) is 0.0684. The van der Waals surface area contributed by atoms with Crippen molar-refractivity contribution in [2.45, 2.75) is 129 Å². The minimum atomic E-state index is -4.36. The minimum absolute atomic E-state index is 0. The summed E-state index contributed by atoms with van der Waals surface area (Å²) in [5, 5.41) is 0. The molecule has 9 heteroatoms. The number of esters is 2. The molecule has 0 bridgehead atoms. The van der Waals surface area contributed by atoms with E-state index in [2.05, 4.69) is 6.92 Å². The van der Waals surface area contributed by atoms with Crippen LogP contribution in [0, 0.1) is 0 Å². The molecule has 7 nitrogen and oxygen atoms in total. The van der Waals surface area contributed by atoms with Gasteiger partial charge in [-0.1, -0.05) is 128 Å². The van der Waals surface area contributed by atoms with E-state index < -0.39 is 27.8 Å². The molecular formula is C31H51NaO7S. The van der Waals surface area contributed by atoms with Gasteiger partial charge < -0.3 is 14.0 Å². The van der Waals surface area contributed by atoms with Gasteiger partial charge in [0.25, 0.3) is 0 Å². The third kappa shape index (κ3) is 21.8. The number of unbranched alkanes of at least 4 members (excludes halogenated alkanes) is 17. The molecule has 0 spiro atoms. The summed E-state index contributed by atoms with van der Waals surface area (Å²) < 4.78 is 42.3. The molecule has 0 aliphatic heterocycles. The summed E-state index contributed by atoms with van der Waals surface area (Å²) in [6.07, 6.45) is 23.2. The number of carbonyl (C=O) groups is 2. The van der Waals surface area contributed by atoms with E-state index in [9.17, 15) is 22.6 Å². The van der Waals surface area contributed by atoms with Gasteiger partial charge in [0.1, 0.15) is 0 Å². The van der Waals surface area contributed by atoms with Crippen LogP contribution in [0.5, 0.6) is 0 Å². The Bertz CT molecular complexity index is 889. The fourth-order valence-corrected chi connectivity index (χ4v) is 5.04. The first-order valence-electron chi connectivity index (χ1n) is 15.2. The van der Waals surface area contributed by atoms with Gasteiger partial charge in [0.15, 0.2) is 0 Å². The average Bonchev–Trinajstić information content (AvgIpc) is 2.91. The molecule has 0 fully saturated rings. The summed E-state index contributed by atoms with van der Waals surface area (Å²) in [7, 11) is -4.36. The molecule has 0 N–H and O–H groups in total. The fraction of sp³-hybridized carbons (Fsp3) is 0.742. The van der Waals surface area contributed by atoms with Crippen LogP contribution in [0.3, 0.4) is 0 Å². The molecule has 224 valence electrons. The monoisotopic (exact) mass is 590 g/mol. The predicted molar refractivity (Wildman–Crippen MR) is 155 cm³/mol. The number of rotatable bonds is 25. The molecule has 0 aliphatic rings. The van der Waals surface area contributed by atoms with Crippen LogP contribution in [0.2, 0.25) is 0 Å². The van der Waals surface area contributed by atoms with Gasteiger partial charge in [-0.25, -0.2) is 18.0 Å². The molecule has 0 aromatic heterocycles. The molecular weight excluding hydrogens is 539 g/mol. The number of benzene rings is 1. The summed E-state index contributed by atoms with van der Waals surface area (Å²) in [4.78, 5) is 24.8. The predicted octanol–water partition coefficient (Wildman–Crippen LogP) is 4.98. The van der Waals surface area contributed by atoms with Crippen LogP contribution in [0.25, 0.3) is 0 Å². The zero-order valence-electron chi connectivity index (χ0n) is 25.1. The molecule has 0 amide bonds. The van der Waals surface area contributed by atoms with Gasteiger partial charge in [0.2, 0.25) is 0 Å². The van der Waals surface area contributed by atoms with Gasteiger partial charge in [0, 0.05) is 5.75 Å². The maximum Gasteiger partial charge on any atom is 1.00 e. The Kier molecular flexibility index (Phi) is 25.2. The first-order chi connectivity index (χ1) is 18.8. The van der Waals surface area contributed by atoms with Crippen LogP contribution in [-0.4, -0.2) is 43.9 Å². The topological polar surface area (TPSA) is 110 Å². The van der Waals surface area contributed by atoms with Crippen molar-refractivity contribution < 1.29 is 61.6 Å². The molecule has 1 aromatic carbocycles. The molecule has 1 rings (SSSR count). The minimum Gasteiger partial charge on any atom is -0.748 e. The first kappa shape index (κ1) is 39.1. The van der Waals surface area contributed by atoms with E-state index >= 15 is 0 Å². The third-order valence-electron chi connectivity index (χ3n) is 6.87. The Morgan fingerprint density at radius 3 is 1.27 bits per heavy atom. The van der Waals surface area contributed by atoms with E-state index in [0.29, 0.717) is 6.61 Å². The Balaban J connectivity index is 0.0000152. The van der Waals surface area contributed by atoms with Crippen LogP contribution < -0.4 is 29.6 Å². The summed E-state index contributed by atoms with van der Waals surface area (Å²) in [6, 6.07) is 6.19. The van der Waals surface area contributed by atoms with E-state index in [-0.39, 0.29) is 53.7 Å². The molecule has 0 unspecified atom stereocenters. The third-order valence-corrected chi connectivity index (χ3v) is 7.66. The smallest absolute Gasteiger partial charge is 0.748 e. The van der Waals surface area contributed by atoms with Gasteiger partial charge in [-0.05, 0) is 25.0 Å². The van der Waals surface area contributed by atoms with Crippen LogP contribution in [0.1, 0.15) is 150 Å². The van der Waals surface area contributed by atoms with Crippen LogP contribution in [-0.2, 0) is 19.6 Å². The van der Waals surface area contributed by atoms with Crippen molar-refractivity contribution in [2.75, 3.05) is 19.0 Å².